The van der Waals surface area contributed by atoms with Gasteiger partial charge in [-0.1, -0.05) is 6.92 Å². The van der Waals surface area contributed by atoms with E-state index in [0.29, 0.717) is 19.0 Å². The molecule has 0 radical (unpaired) electrons. The maximum atomic E-state index is 10.9. The van der Waals surface area contributed by atoms with Gasteiger partial charge in [-0.3, -0.25) is 4.79 Å². The number of piperidine rings is 1. The number of nitrogens with one attached hydrogen (secondary N) is 1. The second kappa shape index (κ2) is 8.41. The first-order chi connectivity index (χ1) is 13.7. The molecule has 2 fully saturated rings. The van der Waals surface area contributed by atoms with E-state index in [1.807, 2.05) is 0 Å². The van der Waals surface area contributed by atoms with E-state index in [4.69, 9.17) is 0 Å². The van der Waals surface area contributed by atoms with Gasteiger partial charge in [-0.25, -0.2) is 0 Å². The fourth-order valence-electron chi connectivity index (χ4n) is 3.71. The first kappa shape index (κ1) is 18.5. The van der Waals surface area contributed by atoms with Crippen LogP contribution in [0.5, 0.6) is 0 Å². The van der Waals surface area contributed by atoms with Crippen LogP contribution < -0.4 is 15.1 Å². The average Bonchev–Trinajstić information content (AvgIpc) is 2.75. The lowest BCUT2D eigenvalue weighted by Crippen LogP contribution is -2.46. The van der Waals surface area contributed by atoms with Crippen LogP contribution in [0.15, 0.2) is 30.5 Å². The topological polar surface area (TPSA) is 77.5 Å². The Hall–Kier alpha value is -2.90. The van der Waals surface area contributed by atoms with Crippen LogP contribution in [0.1, 0.15) is 19.8 Å². The molecule has 0 atom stereocenters. The van der Waals surface area contributed by atoms with Crippen molar-refractivity contribution in [2.45, 2.75) is 19.8 Å². The monoisotopic (exact) mass is 381 g/mol. The molecular weight excluding hydrogens is 354 g/mol. The lowest BCUT2D eigenvalue weighted by Gasteiger charge is -2.33. The number of aromatic nitrogens is 3. The number of piperazine rings is 1. The molecule has 0 bridgehead atoms. The van der Waals surface area contributed by atoms with Gasteiger partial charge >= 0.3 is 0 Å². The summed E-state index contributed by atoms with van der Waals surface area (Å²) in [6.07, 6.45) is 5.08. The maximum absolute atomic E-state index is 10.9. The van der Waals surface area contributed by atoms with Gasteiger partial charge in [0.25, 0.3) is 0 Å². The Bertz CT molecular complexity index is 781. The van der Waals surface area contributed by atoms with E-state index >= 15 is 0 Å². The number of carbonyl (C=O) groups excluding carboxylic acids is 1. The van der Waals surface area contributed by atoms with Gasteiger partial charge in [0.05, 0.1) is 6.20 Å². The van der Waals surface area contributed by atoms with Crippen LogP contribution in [0.3, 0.4) is 0 Å². The molecule has 1 aromatic heterocycles. The SMILES string of the molecule is CC1CCN(c2ccc(Nc3nncc(N4CCN(C=O)CC4)n3)cc2)CC1. The molecule has 28 heavy (non-hydrogen) atoms. The van der Waals surface area contributed by atoms with Crippen LogP contribution in [0.25, 0.3) is 0 Å². The van der Waals surface area contributed by atoms with Crippen molar-refractivity contribution in [1.29, 1.82) is 0 Å². The average molecular weight is 381 g/mol. The third-order valence-corrected chi connectivity index (χ3v) is 5.61. The van der Waals surface area contributed by atoms with Crippen LogP contribution >= 0.6 is 0 Å². The molecule has 2 aliphatic rings. The molecular formula is C20H27N7O. The number of rotatable bonds is 5. The summed E-state index contributed by atoms with van der Waals surface area (Å²) in [6, 6.07) is 8.42. The quantitative estimate of drug-likeness (QED) is 0.795. The van der Waals surface area contributed by atoms with E-state index in [2.05, 4.69) is 61.5 Å². The minimum atomic E-state index is 0.481. The standard InChI is InChI=1S/C20H27N7O/c1-16-6-8-26(9-7-16)18-4-2-17(3-5-18)22-20-23-19(14-21-24-20)27-12-10-25(15-28)11-13-27/h2-5,14-16H,6-13H2,1H3,(H,22,23,24). The molecule has 4 rings (SSSR count). The third kappa shape index (κ3) is 4.32. The molecule has 0 unspecified atom stereocenters. The molecule has 8 nitrogen and oxygen atoms in total. The molecule has 2 aromatic rings. The number of hydrogen-bond donors (Lipinski definition) is 1. The Kier molecular flexibility index (Phi) is 5.55. The summed E-state index contributed by atoms with van der Waals surface area (Å²) in [5.74, 6) is 2.09. The van der Waals surface area contributed by atoms with E-state index < -0.39 is 0 Å². The van der Waals surface area contributed by atoms with Gasteiger partial charge in [0.1, 0.15) is 0 Å². The van der Waals surface area contributed by atoms with Gasteiger partial charge in [0, 0.05) is 50.6 Å². The van der Waals surface area contributed by atoms with Crippen molar-refractivity contribution in [3.8, 4) is 0 Å². The van der Waals surface area contributed by atoms with Gasteiger partial charge in [0.15, 0.2) is 5.82 Å². The molecule has 0 spiro atoms. The molecule has 8 heteroatoms. The Labute approximate surface area is 165 Å². The van der Waals surface area contributed by atoms with Gasteiger partial charge < -0.3 is 20.0 Å². The summed E-state index contributed by atoms with van der Waals surface area (Å²) < 4.78 is 0. The number of carbonyl (C=O) groups is 1. The van der Waals surface area contributed by atoms with Crippen LogP contribution in [-0.4, -0.2) is 65.8 Å². The molecule has 148 valence electrons. The Morgan fingerprint density at radius 3 is 2.39 bits per heavy atom. The van der Waals surface area contributed by atoms with Crippen LogP contribution in [0.4, 0.5) is 23.1 Å². The normalized spacial score (nSPS) is 18.2. The zero-order valence-electron chi connectivity index (χ0n) is 16.3. The van der Waals surface area contributed by atoms with Crippen molar-refractivity contribution in [1.82, 2.24) is 20.1 Å². The zero-order valence-corrected chi connectivity index (χ0v) is 16.3. The van der Waals surface area contributed by atoms with Crippen LogP contribution in [0.2, 0.25) is 0 Å². The molecule has 2 aliphatic heterocycles. The van der Waals surface area contributed by atoms with Crippen molar-refractivity contribution >= 4 is 29.6 Å². The summed E-state index contributed by atoms with van der Waals surface area (Å²) in [5, 5.41) is 11.4. The number of benzene rings is 1. The number of nitrogens with zero attached hydrogens (tertiary/aromatic N) is 6. The van der Waals surface area contributed by atoms with Crippen molar-refractivity contribution in [2.75, 3.05) is 54.4 Å². The number of amides is 1. The predicted molar refractivity (Wildman–Crippen MR) is 110 cm³/mol. The van der Waals surface area contributed by atoms with Gasteiger partial charge in [0.2, 0.25) is 12.4 Å². The Morgan fingerprint density at radius 2 is 1.71 bits per heavy atom. The smallest absolute Gasteiger partial charge is 0.249 e. The maximum Gasteiger partial charge on any atom is 0.249 e. The molecule has 3 heterocycles. The van der Waals surface area contributed by atoms with Crippen molar-refractivity contribution in [2.24, 2.45) is 5.92 Å². The second-order valence-corrected chi connectivity index (χ2v) is 7.61. The number of hydrogen-bond acceptors (Lipinski definition) is 7. The first-order valence-corrected chi connectivity index (χ1v) is 9.97. The predicted octanol–water partition coefficient (Wildman–Crippen LogP) is 2.13. The molecule has 2 saturated heterocycles. The lowest BCUT2D eigenvalue weighted by molar-refractivity contribution is -0.118. The van der Waals surface area contributed by atoms with Gasteiger partial charge in [-0.05, 0) is 43.0 Å². The fourth-order valence-corrected chi connectivity index (χ4v) is 3.71. The molecule has 1 aromatic carbocycles. The van der Waals surface area contributed by atoms with Crippen molar-refractivity contribution in [3.05, 3.63) is 30.5 Å². The summed E-state index contributed by atoms with van der Waals surface area (Å²) in [4.78, 5) is 21.8. The minimum absolute atomic E-state index is 0.481. The molecule has 1 amide bonds. The van der Waals surface area contributed by atoms with Crippen LogP contribution in [0, 0.1) is 5.92 Å². The minimum Gasteiger partial charge on any atom is -0.372 e. The zero-order chi connectivity index (χ0) is 19.3. The highest BCUT2D eigenvalue weighted by atomic mass is 16.1. The molecule has 0 aliphatic carbocycles. The van der Waals surface area contributed by atoms with Gasteiger partial charge in [-0.15, -0.1) is 5.10 Å². The Morgan fingerprint density at radius 1 is 1.00 bits per heavy atom. The highest BCUT2D eigenvalue weighted by Crippen LogP contribution is 2.25. The van der Waals surface area contributed by atoms with E-state index in [1.165, 1.54) is 18.5 Å². The number of anilines is 4. The van der Waals surface area contributed by atoms with Gasteiger partial charge in [-0.2, -0.15) is 10.1 Å². The third-order valence-electron chi connectivity index (χ3n) is 5.61. The van der Waals surface area contributed by atoms with E-state index in [1.54, 1.807) is 11.1 Å². The highest BCUT2D eigenvalue weighted by molar-refractivity contribution is 5.60. The summed E-state index contributed by atoms with van der Waals surface area (Å²) >= 11 is 0. The Balaban J connectivity index is 1.38. The summed E-state index contributed by atoms with van der Waals surface area (Å²) in [6.45, 7) is 7.48. The summed E-state index contributed by atoms with van der Waals surface area (Å²) in [7, 11) is 0. The van der Waals surface area contributed by atoms with Crippen LogP contribution in [-0.2, 0) is 4.79 Å². The second-order valence-electron chi connectivity index (χ2n) is 7.61. The van der Waals surface area contributed by atoms with Crippen molar-refractivity contribution < 1.29 is 4.79 Å². The first-order valence-electron chi connectivity index (χ1n) is 9.97. The molecule has 0 saturated carbocycles. The summed E-state index contributed by atoms with van der Waals surface area (Å²) in [5.41, 5.74) is 2.21. The fraction of sp³-hybridized carbons (Fsp3) is 0.500. The van der Waals surface area contributed by atoms with E-state index in [0.717, 1.165) is 50.0 Å². The largest absolute Gasteiger partial charge is 0.372 e. The highest BCUT2D eigenvalue weighted by Gasteiger charge is 2.18. The lowest BCUT2D eigenvalue weighted by atomic mass is 9.99. The van der Waals surface area contributed by atoms with E-state index in [9.17, 15) is 4.79 Å². The van der Waals surface area contributed by atoms with Crippen molar-refractivity contribution in [3.63, 3.8) is 0 Å². The molecule has 1 N–H and O–H groups in total. The van der Waals surface area contributed by atoms with E-state index in [-0.39, 0.29) is 0 Å².